The van der Waals surface area contributed by atoms with Gasteiger partial charge in [-0.1, -0.05) is 30.3 Å². The van der Waals surface area contributed by atoms with Gasteiger partial charge in [0, 0.05) is 25.7 Å². The average molecular weight is 254 g/mol. The number of hydrogen-bond donors (Lipinski definition) is 2. The van der Waals surface area contributed by atoms with Crippen LogP contribution in [0.15, 0.2) is 36.5 Å². The van der Waals surface area contributed by atoms with Crippen molar-refractivity contribution in [1.82, 2.24) is 15.3 Å². The summed E-state index contributed by atoms with van der Waals surface area (Å²) in [7, 11) is 0. The molecule has 0 unspecified atom stereocenters. The number of nitrogens with zero attached hydrogens (tertiary/aromatic N) is 2. The Labute approximate surface area is 113 Å². The fourth-order valence-electron chi connectivity index (χ4n) is 2.28. The molecule has 1 aromatic carbocycles. The molecule has 0 fully saturated rings. The molecule has 1 aromatic heterocycles. The second-order valence-corrected chi connectivity index (χ2v) is 4.75. The largest absolute Gasteiger partial charge is 0.350 e. The van der Waals surface area contributed by atoms with Gasteiger partial charge < -0.3 is 10.6 Å². The van der Waals surface area contributed by atoms with Gasteiger partial charge in [0.25, 0.3) is 0 Å². The van der Waals surface area contributed by atoms with Gasteiger partial charge in [0.1, 0.15) is 0 Å². The van der Waals surface area contributed by atoms with Crippen molar-refractivity contribution in [1.29, 1.82) is 0 Å². The van der Waals surface area contributed by atoms with Crippen LogP contribution in [-0.4, -0.2) is 23.1 Å². The van der Waals surface area contributed by atoms with E-state index in [-0.39, 0.29) is 0 Å². The molecule has 2 heterocycles. The highest BCUT2D eigenvalue weighted by atomic mass is 15.1. The monoisotopic (exact) mass is 254 g/mol. The molecule has 0 aliphatic carbocycles. The fraction of sp³-hybridized carbons (Fsp3) is 0.333. The quantitative estimate of drug-likeness (QED) is 0.876. The maximum atomic E-state index is 4.63. The van der Waals surface area contributed by atoms with E-state index in [4.69, 9.17) is 0 Å². The molecule has 1 aliphatic rings. The summed E-state index contributed by atoms with van der Waals surface area (Å²) in [5.41, 5.74) is 3.69. The predicted octanol–water partition coefficient (Wildman–Crippen LogP) is 1.78. The van der Waals surface area contributed by atoms with Crippen LogP contribution in [0.4, 0.5) is 5.95 Å². The first-order chi connectivity index (χ1) is 9.42. The van der Waals surface area contributed by atoms with Crippen molar-refractivity contribution in [3.63, 3.8) is 0 Å². The van der Waals surface area contributed by atoms with Crippen LogP contribution in [0, 0.1) is 0 Å². The van der Waals surface area contributed by atoms with E-state index in [2.05, 4.69) is 32.7 Å². The van der Waals surface area contributed by atoms with Crippen LogP contribution in [0.5, 0.6) is 0 Å². The second kappa shape index (κ2) is 5.80. The predicted molar refractivity (Wildman–Crippen MR) is 76.1 cm³/mol. The number of fused-ring (bicyclic) bond motifs is 1. The van der Waals surface area contributed by atoms with E-state index in [0.717, 1.165) is 38.4 Å². The number of rotatable bonds is 3. The number of benzene rings is 1. The summed E-state index contributed by atoms with van der Waals surface area (Å²) in [5.74, 6) is 0.726. The summed E-state index contributed by atoms with van der Waals surface area (Å²) < 4.78 is 0. The molecule has 3 rings (SSSR count). The summed E-state index contributed by atoms with van der Waals surface area (Å²) in [6.45, 7) is 2.78. The average Bonchev–Trinajstić information content (AvgIpc) is 2.71. The molecule has 0 radical (unpaired) electrons. The van der Waals surface area contributed by atoms with E-state index >= 15 is 0 Å². The first kappa shape index (κ1) is 12.1. The molecular weight excluding hydrogens is 236 g/mol. The Kier molecular flexibility index (Phi) is 3.70. The SMILES string of the molecule is c1ccc(CNc2ncc3c(n2)CCNCC3)cc1. The standard InChI is InChI=1S/C15H18N4/c1-2-4-12(5-3-1)10-17-15-18-11-13-6-8-16-9-7-14(13)19-15/h1-5,11,16H,6-10H2,(H,17,18,19). The van der Waals surface area contributed by atoms with Gasteiger partial charge in [0.2, 0.25) is 5.95 Å². The van der Waals surface area contributed by atoms with Gasteiger partial charge in [-0.25, -0.2) is 9.97 Å². The summed E-state index contributed by atoms with van der Waals surface area (Å²) in [6.07, 6.45) is 3.97. The van der Waals surface area contributed by atoms with Crippen LogP contribution >= 0.6 is 0 Å². The zero-order chi connectivity index (χ0) is 12.9. The van der Waals surface area contributed by atoms with E-state index in [9.17, 15) is 0 Å². The van der Waals surface area contributed by atoms with Gasteiger partial charge in [-0.2, -0.15) is 0 Å². The zero-order valence-electron chi connectivity index (χ0n) is 10.9. The highest BCUT2D eigenvalue weighted by Gasteiger charge is 2.10. The van der Waals surface area contributed by atoms with Gasteiger partial charge in [0.15, 0.2) is 0 Å². The lowest BCUT2D eigenvalue weighted by Crippen LogP contribution is -2.16. The molecule has 0 spiro atoms. The molecule has 0 bridgehead atoms. The molecule has 2 aromatic rings. The molecule has 19 heavy (non-hydrogen) atoms. The Morgan fingerprint density at radius 3 is 2.84 bits per heavy atom. The van der Waals surface area contributed by atoms with Crippen molar-refractivity contribution in [2.24, 2.45) is 0 Å². The van der Waals surface area contributed by atoms with Crippen molar-refractivity contribution in [3.05, 3.63) is 53.3 Å². The molecule has 0 amide bonds. The van der Waals surface area contributed by atoms with Crippen molar-refractivity contribution >= 4 is 5.95 Å². The molecule has 0 saturated heterocycles. The maximum absolute atomic E-state index is 4.63. The number of anilines is 1. The van der Waals surface area contributed by atoms with Crippen LogP contribution in [0.2, 0.25) is 0 Å². The Bertz CT molecular complexity index is 539. The minimum Gasteiger partial charge on any atom is -0.350 e. The summed E-state index contributed by atoms with van der Waals surface area (Å²) in [4.78, 5) is 9.02. The summed E-state index contributed by atoms with van der Waals surface area (Å²) in [6, 6.07) is 10.3. The third-order valence-corrected chi connectivity index (χ3v) is 3.36. The first-order valence-corrected chi connectivity index (χ1v) is 6.75. The van der Waals surface area contributed by atoms with Gasteiger partial charge in [-0.15, -0.1) is 0 Å². The molecular formula is C15H18N4. The first-order valence-electron chi connectivity index (χ1n) is 6.75. The molecule has 4 heteroatoms. The van der Waals surface area contributed by atoms with Crippen LogP contribution in [0.25, 0.3) is 0 Å². The van der Waals surface area contributed by atoms with Gasteiger partial charge in [-0.3, -0.25) is 0 Å². The van der Waals surface area contributed by atoms with Crippen molar-refractivity contribution in [2.75, 3.05) is 18.4 Å². The van der Waals surface area contributed by atoms with Gasteiger partial charge in [-0.05, 0) is 24.1 Å². The van der Waals surface area contributed by atoms with E-state index < -0.39 is 0 Å². The Morgan fingerprint density at radius 2 is 1.95 bits per heavy atom. The Hall–Kier alpha value is -1.94. The van der Waals surface area contributed by atoms with Crippen molar-refractivity contribution < 1.29 is 0 Å². The lowest BCUT2D eigenvalue weighted by molar-refractivity contribution is 0.708. The molecule has 4 nitrogen and oxygen atoms in total. The molecule has 1 aliphatic heterocycles. The van der Waals surface area contributed by atoms with Crippen LogP contribution < -0.4 is 10.6 Å². The van der Waals surface area contributed by atoms with E-state index in [1.807, 2.05) is 24.4 Å². The minimum absolute atomic E-state index is 0.726. The van der Waals surface area contributed by atoms with E-state index in [1.165, 1.54) is 16.8 Å². The lowest BCUT2D eigenvalue weighted by Gasteiger charge is -2.08. The smallest absolute Gasteiger partial charge is 0.223 e. The Balaban J connectivity index is 1.70. The van der Waals surface area contributed by atoms with E-state index in [1.54, 1.807) is 0 Å². The maximum Gasteiger partial charge on any atom is 0.223 e. The second-order valence-electron chi connectivity index (χ2n) is 4.75. The molecule has 98 valence electrons. The van der Waals surface area contributed by atoms with Gasteiger partial charge in [0.05, 0.1) is 5.69 Å². The Morgan fingerprint density at radius 1 is 1.11 bits per heavy atom. The lowest BCUT2D eigenvalue weighted by atomic mass is 10.1. The topological polar surface area (TPSA) is 49.8 Å². The van der Waals surface area contributed by atoms with Crippen LogP contribution in [0.1, 0.15) is 16.8 Å². The van der Waals surface area contributed by atoms with E-state index in [0.29, 0.717) is 0 Å². The fourth-order valence-corrected chi connectivity index (χ4v) is 2.28. The van der Waals surface area contributed by atoms with Gasteiger partial charge >= 0.3 is 0 Å². The van der Waals surface area contributed by atoms with Crippen LogP contribution in [0.3, 0.4) is 0 Å². The third kappa shape index (κ3) is 3.09. The summed E-state index contributed by atoms with van der Waals surface area (Å²) >= 11 is 0. The zero-order valence-corrected chi connectivity index (χ0v) is 10.9. The molecule has 0 atom stereocenters. The van der Waals surface area contributed by atoms with Crippen molar-refractivity contribution in [3.8, 4) is 0 Å². The summed E-state index contributed by atoms with van der Waals surface area (Å²) in [5, 5.41) is 6.67. The minimum atomic E-state index is 0.726. The molecule has 0 saturated carbocycles. The van der Waals surface area contributed by atoms with Crippen molar-refractivity contribution in [2.45, 2.75) is 19.4 Å². The van der Waals surface area contributed by atoms with Crippen LogP contribution in [-0.2, 0) is 19.4 Å². The highest BCUT2D eigenvalue weighted by Crippen LogP contribution is 2.12. The number of nitrogens with one attached hydrogen (secondary N) is 2. The number of hydrogen-bond acceptors (Lipinski definition) is 4. The highest BCUT2D eigenvalue weighted by molar-refractivity contribution is 5.32. The normalized spacial score (nSPS) is 14.5. The third-order valence-electron chi connectivity index (χ3n) is 3.36. The molecule has 2 N–H and O–H groups in total. The number of aromatic nitrogens is 2.